The van der Waals surface area contributed by atoms with Crippen molar-refractivity contribution >= 4 is 17.3 Å². The number of hydrogen-bond donors (Lipinski definition) is 1. The van der Waals surface area contributed by atoms with Gasteiger partial charge in [0.25, 0.3) is 11.6 Å². The third-order valence-corrected chi connectivity index (χ3v) is 4.36. The number of carbonyl (C=O) groups excluding carboxylic acids is 1. The van der Waals surface area contributed by atoms with E-state index in [1.807, 2.05) is 30.3 Å². The van der Waals surface area contributed by atoms with Crippen LogP contribution in [-0.4, -0.2) is 17.9 Å². The Bertz CT molecular complexity index is 1030. The number of carbonyl (C=O) groups is 1. The summed E-state index contributed by atoms with van der Waals surface area (Å²) in [6.45, 7) is 2.00. The molecule has 0 heterocycles. The Kier molecular flexibility index (Phi) is 6.09. The lowest BCUT2D eigenvalue weighted by Crippen LogP contribution is -2.14. The number of nitro groups is 1. The molecule has 3 rings (SSSR count). The van der Waals surface area contributed by atoms with Gasteiger partial charge in [0.1, 0.15) is 18.1 Å². The van der Waals surface area contributed by atoms with Crippen molar-refractivity contribution in [3.8, 4) is 11.5 Å². The minimum atomic E-state index is -0.499. The summed E-state index contributed by atoms with van der Waals surface area (Å²) in [6, 6.07) is 18.7. The van der Waals surface area contributed by atoms with E-state index in [2.05, 4.69) is 5.32 Å². The molecule has 7 heteroatoms. The maximum Gasteiger partial charge on any atom is 0.271 e. The summed E-state index contributed by atoms with van der Waals surface area (Å²) in [6.07, 6.45) is 0. The molecular weight excluding hydrogens is 372 g/mol. The Morgan fingerprint density at radius 3 is 2.52 bits per heavy atom. The van der Waals surface area contributed by atoms with E-state index in [-0.39, 0.29) is 18.2 Å². The van der Waals surface area contributed by atoms with Crippen LogP contribution in [0.3, 0.4) is 0 Å². The van der Waals surface area contributed by atoms with Gasteiger partial charge in [0, 0.05) is 23.3 Å². The molecule has 7 nitrogen and oxygen atoms in total. The molecular formula is C22H20N2O5. The number of nitrogens with one attached hydrogen (secondary N) is 1. The van der Waals surface area contributed by atoms with Gasteiger partial charge in [-0.05, 0) is 42.8 Å². The lowest BCUT2D eigenvalue weighted by Gasteiger charge is -2.13. The predicted octanol–water partition coefficient (Wildman–Crippen LogP) is 4.74. The number of nitrogens with zero attached hydrogens (tertiary/aromatic N) is 1. The van der Waals surface area contributed by atoms with Crippen molar-refractivity contribution in [1.82, 2.24) is 0 Å². The van der Waals surface area contributed by atoms with E-state index in [1.54, 1.807) is 38.3 Å². The van der Waals surface area contributed by atoms with Crippen molar-refractivity contribution in [2.24, 2.45) is 0 Å². The predicted molar refractivity (Wildman–Crippen MR) is 110 cm³/mol. The summed E-state index contributed by atoms with van der Waals surface area (Å²) in [5.74, 6) is 0.929. The molecule has 0 bridgehead atoms. The SMILES string of the molecule is COc1ccc(C(=O)Nc2cc([N+](=O)[O-])ccc2C)cc1COc1ccccc1. The fraction of sp³-hybridized carbons (Fsp3) is 0.136. The second-order valence-electron chi connectivity index (χ2n) is 6.34. The fourth-order valence-corrected chi connectivity index (χ4v) is 2.76. The fourth-order valence-electron chi connectivity index (χ4n) is 2.76. The Morgan fingerprint density at radius 2 is 1.83 bits per heavy atom. The normalized spacial score (nSPS) is 10.3. The molecule has 3 aromatic carbocycles. The molecule has 0 fully saturated rings. The summed E-state index contributed by atoms with van der Waals surface area (Å²) >= 11 is 0. The van der Waals surface area contributed by atoms with E-state index < -0.39 is 4.92 Å². The number of rotatable bonds is 7. The van der Waals surface area contributed by atoms with Crippen LogP contribution in [0.25, 0.3) is 0 Å². The molecule has 0 aliphatic heterocycles. The molecule has 0 saturated heterocycles. The minimum Gasteiger partial charge on any atom is -0.496 e. The first kappa shape index (κ1) is 19.9. The molecule has 0 spiro atoms. The van der Waals surface area contributed by atoms with Gasteiger partial charge in [-0.3, -0.25) is 14.9 Å². The average molecular weight is 392 g/mol. The molecule has 148 valence electrons. The van der Waals surface area contributed by atoms with E-state index in [0.717, 1.165) is 5.56 Å². The lowest BCUT2D eigenvalue weighted by molar-refractivity contribution is -0.384. The Balaban J connectivity index is 1.80. The largest absolute Gasteiger partial charge is 0.496 e. The van der Waals surface area contributed by atoms with Gasteiger partial charge in [-0.2, -0.15) is 0 Å². The second-order valence-corrected chi connectivity index (χ2v) is 6.34. The maximum atomic E-state index is 12.7. The van der Waals surface area contributed by atoms with E-state index >= 15 is 0 Å². The van der Waals surface area contributed by atoms with E-state index in [1.165, 1.54) is 12.1 Å². The van der Waals surface area contributed by atoms with Crippen LogP contribution in [0.1, 0.15) is 21.5 Å². The number of anilines is 1. The Labute approximate surface area is 168 Å². The smallest absolute Gasteiger partial charge is 0.271 e. The Morgan fingerprint density at radius 1 is 1.07 bits per heavy atom. The summed E-state index contributed by atoms with van der Waals surface area (Å²) in [5, 5.41) is 13.7. The van der Waals surface area contributed by atoms with Crippen LogP contribution in [0.2, 0.25) is 0 Å². The highest BCUT2D eigenvalue weighted by molar-refractivity contribution is 6.05. The van der Waals surface area contributed by atoms with Crippen molar-refractivity contribution in [3.63, 3.8) is 0 Å². The van der Waals surface area contributed by atoms with Crippen molar-refractivity contribution < 1.29 is 19.2 Å². The molecule has 0 saturated carbocycles. The van der Waals surface area contributed by atoms with Crippen LogP contribution >= 0.6 is 0 Å². The van der Waals surface area contributed by atoms with Crippen molar-refractivity contribution in [2.75, 3.05) is 12.4 Å². The summed E-state index contributed by atoms with van der Waals surface area (Å²) in [4.78, 5) is 23.2. The first-order valence-corrected chi connectivity index (χ1v) is 8.89. The van der Waals surface area contributed by atoms with Crippen LogP contribution in [0.4, 0.5) is 11.4 Å². The third-order valence-electron chi connectivity index (χ3n) is 4.36. The molecule has 1 N–H and O–H groups in total. The first-order chi connectivity index (χ1) is 14.0. The number of non-ortho nitro benzene ring substituents is 1. The third kappa shape index (κ3) is 4.90. The molecule has 29 heavy (non-hydrogen) atoms. The number of hydrogen-bond acceptors (Lipinski definition) is 5. The minimum absolute atomic E-state index is 0.0856. The zero-order valence-electron chi connectivity index (χ0n) is 16.0. The monoisotopic (exact) mass is 392 g/mol. The highest BCUT2D eigenvalue weighted by Gasteiger charge is 2.14. The van der Waals surface area contributed by atoms with Gasteiger partial charge in [0.2, 0.25) is 0 Å². The highest BCUT2D eigenvalue weighted by atomic mass is 16.6. The molecule has 0 radical (unpaired) electrons. The van der Waals surface area contributed by atoms with Crippen LogP contribution in [0, 0.1) is 17.0 Å². The first-order valence-electron chi connectivity index (χ1n) is 8.89. The van der Waals surface area contributed by atoms with Gasteiger partial charge in [-0.25, -0.2) is 0 Å². The number of ether oxygens (including phenoxy) is 2. The maximum absolute atomic E-state index is 12.7. The highest BCUT2D eigenvalue weighted by Crippen LogP contribution is 2.25. The average Bonchev–Trinajstić information content (AvgIpc) is 2.74. The number of aryl methyl sites for hydroxylation is 1. The summed E-state index contributed by atoms with van der Waals surface area (Å²) in [7, 11) is 1.55. The van der Waals surface area contributed by atoms with Gasteiger partial charge in [0.15, 0.2) is 0 Å². The van der Waals surface area contributed by atoms with E-state index in [4.69, 9.17) is 9.47 Å². The van der Waals surface area contributed by atoms with E-state index in [9.17, 15) is 14.9 Å². The molecule has 0 unspecified atom stereocenters. The van der Waals surface area contributed by atoms with Crippen LogP contribution in [0.15, 0.2) is 66.7 Å². The van der Waals surface area contributed by atoms with Gasteiger partial charge in [-0.15, -0.1) is 0 Å². The van der Waals surface area contributed by atoms with Gasteiger partial charge >= 0.3 is 0 Å². The van der Waals surface area contributed by atoms with Crippen LogP contribution in [-0.2, 0) is 6.61 Å². The second kappa shape index (κ2) is 8.88. The van der Waals surface area contributed by atoms with Gasteiger partial charge in [-0.1, -0.05) is 24.3 Å². The molecule has 0 aliphatic carbocycles. The van der Waals surface area contributed by atoms with Gasteiger partial charge in [0.05, 0.1) is 17.7 Å². The van der Waals surface area contributed by atoms with Crippen LogP contribution in [0.5, 0.6) is 11.5 Å². The number of amides is 1. The zero-order valence-corrected chi connectivity index (χ0v) is 16.0. The molecule has 0 aromatic heterocycles. The van der Waals surface area contributed by atoms with E-state index in [0.29, 0.717) is 28.3 Å². The Hall–Kier alpha value is -3.87. The standard InChI is InChI=1S/C22H20N2O5/c1-15-8-10-18(24(26)27)13-20(15)23-22(25)16-9-11-21(28-2)17(12-16)14-29-19-6-4-3-5-7-19/h3-13H,14H2,1-2H3,(H,23,25). The quantitative estimate of drug-likeness (QED) is 0.463. The van der Waals surface area contributed by atoms with Crippen LogP contribution < -0.4 is 14.8 Å². The number of para-hydroxylation sites is 1. The zero-order chi connectivity index (χ0) is 20.8. The molecule has 0 aliphatic rings. The van der Waals surface area contributed by atoms with Crippen molar-refractivity contribution in [3.05, 3.63) is 93.5 Å². The van der Waals surface area contributed by atoms with Crippen molar-refractivity contribution in [2.45, 2.75) is 13.5 Å². The number of benzene rings is 3. The molecule has 0 atom stereocenters. The molecule has 1 amide bonds. The number of nitro benzene ring substituents is 1. The number of methoxy groups -OCH3 is 1. The summed E-state index contributed by atoms with van der Waals surface area (Å²) < 4.78 is 11.1. The molecule has 3 aromatic rings. The summed E-state index contributed by atoms with van der Waals surface area (Å²) in [5.41, 5.74) is 2.13. The lowest BCUT2D eigenvalue weighted by atomic mass is 10.1. The van der Waals surface area contributed by atoms with Crippen molar-refractivity contribution in [1.29, 1.82) is 0 Å². The topological polar surface area (TPSA) is 90.7 Å². The van der Waals surface area contributed by atoms with Gasteiger partial charge < -0.3 is 14.8 Å².